The number of halogens is 2. The Morgan fingerprint density at radius 2 is 1.95 bits per heavy atom. The van der Waals surface area contributed by atoms with Crippen molar-refractivity contribution in [1.29, 1.82) is 0 Å². The maximum atomic E-state index is 12.2. The van der Waals surface area contributed by atoms with Crippen LogP contribution in [0.2, 0.25) is 0 Å². The van der Waals surface area contributed by atoms with Gasteiger partial charge in [-0.1, -0.05) is 6.92 Å². The van der Waals surface area contributed by atoms with Crippen molar-refractivity contribution < 1.29 is 4.79 Å². The van der Waals surface area contributed by atoms with Gasteiger partial charge in [0.2, 0.25) is 5.91 Å². The van der Waals surface area contributed by atoms with Crippen LogP contribution < -0.4 is 10.6 Å². The van der Waals surface area contributed by atoms with Gasteiger partial charge in [0.05, 0.1) is 0 Å². The first kappa shape index (κ1) is 21.0. The Kier molecular flexibility index (Phi) is 9.17. The molecule has 1 atom stereocenters. The van der Waals surface area contributed by atoms with E-state index in [2.05, 4.69) is 36.3 Å². The molecule has 2 N–H and O–H groups in total. The van der Waals surface area contributed by atoms with Gasteiger partial charge in [0, 0.05) is 25.0 Å². The van der Waals surface area contributed by atoms with Gasteiger partial charge in [-0.05, 0) is 58.2 Å². The molecule has 0 aromatic rings. The first-order valence-electron chi connectivity index (χ1n) is 7.81. The Labute approximate surface area is 141 Å². The highest BCUT2D eigenvalue weighted by molar-refractivity contribution is 5.85. The van der Waals surface area contributed by atoms with Crippen LogP contribution >= 0.6 is 24.8 Å². The molecule has 21 heavy (non-hydrogen) atoms. The Balaban J connectivity index is 0.00000200. The largest absolute Gasteiger partial charge is 0.355 e. The predicted molar refractivity (Wildman–Crippen MR) is 92.5 cm³/mol. The topological polar surface area (TPSA) is 44.4 Å². The highest BCUT2D eigenvalue weighted by Crippen LogP contribution is 2.58. The second-order valence-corrected chi connectivity index (χ2v) is 6.38. The second kappa shape index (κ2) is 9.19. The zero-order valence-corrected chi connectivity index (χ0v) is 15.1. The molecule has 1 unspecified atom stereocenters. The molecule has 0 aromatic heterocycles. The van der Waals surface area contributed by atoms with Crippen LogP contribution in [0.4, 0.5) is 0 Å². The van der Waals surface area contributed by atoms with Crippen molar-refractivity contribution in [2.75, 3.05) is 32.7 Å². The molecule has 1 aliphatic carbocycles. The van der Waals surface area contributed by atoms with Gasteiger partial charge in [0.25, 0.3) is 0 Å². The number of rotatable bonds is 6. The van der Waals surface area contributed by atoms with Crippen LogP contribution in [-0.4, -0.2) is 49.6 Å². The van der Waals surface area contributed by atoms with Gasteiger partial charge >= 0.3 is 0 Å². The molecule has 4 nitrogen and oxygen atoms in total. The minimum Gasteiger partial charge on any atom is -0.355 e. The maximum Gasteiger partial charge on any atom is 0.223 e. The van der Waals surface area contributed by atoms with E-state index in [1.54, 1.807) is 0 Å². The minimum atomic E-state index is 0. The number of likely N-dealkylation sites (N-methyl/N-ethyl adjacent to an activating group) is 1. The SMILES string of the molecule is CCN(CCNC(=O)C1CC12CCNCC2)C(C)C.Cl.Cl. The lowest BCUT2D eigenvalue weighted by atomic mass is 9.92. The van der Waals surface area contributed by atoms with E-state index in [9.17, 15) is 4.79 Å². The highest BCUT2D eigenvalue weighted by atomic mass is 35.5. The number of hydrogen-bond donors (Lipinski definition) is 2. The molecule has 0 bridgehead atoms. The molecule has 2 rings (SSSR count). The quantitative estimate of drug-likeness (QED) is 0.778. The lowest BCUT2D eigenvalue weighted by molar-refractivity contribution is -0.123. The minimum absolute atomic E-state index is 0. The van der Waals surface area contributed by atoms with Crippen molar-refractivity contribution in [2.24, 2.45) is 11.3 Å². The number of hydrogen-bond acceptors (Lipinski definition) is 3. The Hall–Kier alpha value is -0.0300. The summed E-state index contributed by atoms with van der Waals surface area (Å²) in [5.41, 5.74) is 0.359. The van der Waals surface area contributed by atoms with Crippen LogP contribution in [-0.2, 0) is 4.79 Å². The van der Waals surface area contributed by atoms with E-state index in [1.165, 1.54) is 12.8 Å². The van der Waals surface area contributed by atoms with Crippen LogP contribution in [0.3, 0.4) is 0 Å². The molecule has 126 valence electrons. The van der Waals surface area contributed by atoms with Crippen molar-refractivity contribution in [2.45, 2.75) is 46.1 Å². The summed E-state index contributed by atoms with van der Waals surface area (Å²) in [5, 5.41) is 6.51. The summed E-state index contributed by atoms with van der Waals surface area (Å²) in [4.78, 5) is 14.6. The Morgan fingerprint density at radius 1 is 1.33 bits per heavy atom. The summed E-state index contributed by atoms with van der Waals surface area (Å²) in [5.74, 6) is 0.588. The smallest absolute Gasteiger partial charge is 0.223 e. The van der Waals surface area contributed by atoms with Gasteiger partial charge in [-0.15, -0.1) is 24.8 Å². The summed E-state index contributed by atoms with van der Waals surface area (Å²) in [7, 11) is 0. The number of amides is 1. The van der Waals surface area contributed by atoms with Crippen molar-refractivity contribution in [3.05, 3.63) is 0 Å². The van der Waals surface area contributed by atoms with E-state index in [4.69, 9.17) is 0 Å². The molecular weight excluding hydrogens is 309 g/mol. The van der Waals surface area contributed by atoms with E-state index in [-0.39, 0.29) is 24.8 Å². The third kappa shape index (κ3) is 5.27. The maximum absolute atomic E-state index is 12.2. The average Bonchev–Trinajstić information content (AvgIpc) is 3.08. The fraction of sp³-hybridized carbons (Fsp3) is 0.933. The molecular formula is C15H31Cl2N3O. The van der Waals surface area contributed by atoms with Crippen molar-refractivity contribution in [3.8, 4) is 0 Å². The number of carbonyl (C=O) groups is 1. The molecule has 1 heterocycles. The van der Waals surface area contributed by atoms with Crippen molar-refractivity contribution >= 4 is 30.7 Å². The molecule has 6 heteroatoms. The average molecular weight is 340 g/mol. The van der Waals surface area contributed by atoms with Crippen LogP contribution in [0.1, 0.15) is 40.0 Å². The Morgan fingerprint density at radius 3 is 2.48 bits per heavy atom. The molecule has 1 spiro atoms. The summed E-state index contributed by atoms with van der Waals surface area (Å²) < 4.78 is 0. The number of nitrogens with zero attached hydrogens (tertiary/aromatic N) is 1. The molecule has 1 saturated carbocycles. The molecule has 1 saturated heterocycles. The highest BCUT2D eigenvalue weighted by Gasteiger charge is 2.57. The molecule has 1 aliphatic heterocycles. The summed E-state index contributed by atoms with van der Waals surface area (Å²) in [6.45, 7) is 11.5. The number of piperidine rings is 1. The van der Waals surface area contributed by atoms with Crippen LogP contribution in [0.25, 0.3) is 0 Å². The molecule has 2 aliphatic rings. The monoisotopic (exact) mass is 339 g/mol. The second-order valence-electron chi connectivity index (χ2n) is 6.38. The zero-order chi connectivity index (χ0) is 13.9. The van der Waals surface area contributed by atoms with Crippen LogP contribution in [0.15, 0.2) is 0 Å². The van der Waals surface area contributed by atoms with E-state index in [1.807, 2.05) is 0 Å². The van der Waals surface area contributed by atoms with Gasteiger partial charge in [-0.25, -0.2) is 0 Å². The van der Waals surface area contributed by atoms with Crippen molar-refractivity contribution in [3.63, 3.8) is 0 Å². The third-order valence-corrected chi connectivity index (χ3v) is 4.94. The van der Waals surface area contributed by atoms with E-state index in [0.29, 0.717) is 23.3 Å². The van der Waals surface area contributed by atoms with Crippen molar-refractivity contribution in [1.82, 2.24) is 15.5 Å². The van der Waals surface area contributed by atoms with E-state index < -0.39 is 0 Å². The first-order chi connectivity index (χ1) is 9.09. The normalized spacial score (nSPS) is 22.6. The molecule has 2 fully saturated rings. The summed E-state index contributed by atoms with van der Waals surface area (Å²) in [6, 6.07) is 0.554. The van der Waals surface area contributed by atoms with Gasteiger partial charge in [-0.2, -0.15) is 0 Å². The van der Waals surface area contributed by atoms with E-state index >= 15 is 0 Å². The lowest BCUT2D eigenvalue weighted by Gasteiger charge is -2.25. The predicted octanol–water partition coefficient (Wildman–Crippen LogP) is 2.07. The van der Waals surface area contributed by atoms with Crippen LogP contribution in [0, 0.1) is 11.3 Å². The van der Waals surface area contributed by atoms with Gasteiger partial charge in [0.15, 0.2) is 0 Å². The third-order valence-electron chi connectivity index (χ3n) is 4.94. The summed E-state index contributed by atoms with van der Waals surface area (Å²) >= 11 is 0. The molecule has 0 radical (unpaired) electrons. The standard InChI is InChI=1S/C15H29N3O.2ClH/c1-4-18(12(2)3)10-9-17-14(19)13-11-15(13)5-7-16-8-6-15;;/h12-13,16H,4-11H2,1-3H3,(H,17,19);2*1H. The molecule has 0 aromatic carbocycles. The number of nitrogens with one attached hydrogen (secondary N) is 2. The van der Waals surface area contributed by atoms with Gasteiger partial charge in [0.1, 0.15) is 0 Å². The van der Waals surface area contributed by atoms with E-state index in [0.717, 1.165) is 39.1 Å². The number of carbonyl (C=O) groups excluding carboxylic acids is 1. The zero-order valence-electron chi connectivity index (χ0n) is 13.5. The summed E-state index contributed by atoms with van der Waals surface area (Å²) in [6.07, 6.45) is 3.47. The van der Waals surface area contributed by atoms with Gasteiger partial charge < -0.3 is 10.6 Å². The molecule has 1 amide bonds. The van der Waals surface area contributed by atoms with Gasteiger partial charge in [-0.3, -0.25) is 9.69 Å². The Bertz CT molecular complexity index is 320. The fourth-order valence-electron chi connectivity index (χ4n) is 3.42. The fourth-order valence-corrected chi connectivity index (χ4v) is 3.42. The lowest BCUT2D eigenvalue weighted by Crippen LogP contribution is -2.40. The first-order valence-corrected chi connectivity index (χ1v) is 7.81. The van der Waals surface area contributed by atoms with Crippen LogP contribution in [0.5, 0.6) is 0 Å².